The second-order valence-corrected chi connectivity index (χ2v) is 5.68. The molecule has 1 atom stereocenters. The van der Waals surface area contributed by atoms with Gasteiger partial charge in [-0.25, -0.2) is 4.79 Å². The molecule has 1 aromatic rings. The summed E-state index contributed by atoms with van der Waals surface area (Å²) in [6, 6.07) is 3.47. The summed E-state index contributed by atoms with van der Waals surface area (Å²) < 4.78 is 5.19. The van der Waals surface area contributed by atoms with Crippen LogP contribution in [0.15, 0.2) is 18.3 Å². The van der Waals surface area contributed by atoms with E-state index in [1.54, 1.807) is 27.0 Å². The molecule has 112 valence electrons. The Kier molecular flexibility index (Phi) is 5.61. The molecule has 20 heavy (non-hydrogen) atoms. The van der Waals surface area contributed by atoms with Crippen molar-refractivity contribution in [3.63, 3.8) is 0 Å². The van der Waals surface area contributed by atoms with Crippen molar-refractivity contribution in [1.29, 1.82) is 0 Å². The van der Waals surface area contributed by atoms with Crippen LogP contribution in [0.1, 0.15) is 39.3 Å². The van der Waals surface area contributed by atoms with Crippen LogP contribution in [0.5, 0.6) is 0 Å². The Morgan fingerprint density at radius 2 is 2.15 bits per heavy atom. The minimum Gasteiger partial charge on any atom is -0.481 e. The van der Waals surface area contributed by atoms with Gasteiger partial charge in [0.1, 0.15) is 5.60 Å². The zero-order valence-corrected chi connectivity index (χ0v) is 12.1. The van der Waals surface area contributed by atoms with Gasteiger partial charge >= 0.3 is 12.1 Å². The van der Waals surface area contributed by atoms with Crippen LogP contribution in [0.2, 0.25) is 0 Å². The molecule has 1 amide bonds. The fourth-order valence-corrected chi connectivity index (χ4v) is 1.76. The Morgan fingerprint density at radius 1 is 1.45 bits per heavy atom. The maximum atomic E-state index is 11.8. The van der Waals surface area contributed by atoms with Gasteiger partial charge in [-0.15, -0.1) is 0 Å². The van der Waals surface area contributed by atoms with E-state index in [9.17, 15) is 9.59 Å². The van der Waals surface area contributed by atoms with Crippen molar-refractivity contribution in [1.82, 2.24) is 10.3 Å². The van der Waals surface area contributed by atoms with Crippen LogP contribution in [-0.2, 0) is 16.0 Å². The van der Waals surface area contributed by atoms with Crippen LogP contribution in [0.4, 0.5) is 4.79 Å². The standard InChI is InChI=1S/C14H22N2O4/c1-14(2,3)20-13(19)16-11(6-7-12(17)18)9-10-5-4-8-15-10/h4-5,8,11,15H,6-7,9H2,1-3H3,(H,16,19)(H,17,18). The number of carboxylic acid groups (broad SMARTS) is 1. The van der Waals surface area contributed by atoms with E-state index in [2.05, 4.69) is 10.3 Å². The number of carbonyl (C=O) groups is 2. The molecule has 0 saturated carbocycles. The predicted molar refractivity (Wildman–Crippen MR) is 74.5 cm³/mol. The summed E-state index contributed by atoms with van der Waals surface area (Å²) in [6.45, 7) is 5.34. The Labute approximate surface area is 118 Å². The Balaban J connectivity index is 2.57. The van der Waals surface area contributed by atoms with Crippen molar-refractivity contribution >= 4 is 12.1 Å². The van der Waals surface area contributed by atoms with Crippen LogP contribution in [0.25, 0.3) is 0 Å². The number of H-pyrrole nitrogens is 1. The second kappa shape index (κ2) is 6.98. The molecule has 0 radical (unpaired) electrons. The molecular formula is C14H22N2O4. The third kappa shape index (κ3) is 6.82. The van der Waals surface area contributed by atoms with Crippen LogP contribution < -0.4 is 5.32 Å². The minimum atomic E-state index is -0.882. The first-order chi connectivity index (χ1) is 9.26. The molecular weight excluding hydrogens is 260 g/mol. The molecule has 6 nitrogen and oxygen atoms in total. The maximum Gasteiger partial charge on any atom is 0.407 e. The summed E-state index contributed by atoms with van der Waals surface area (Å²) in [5.74, 6) is -0.882. The number of carboxylic acids is 1. The molecule has 0 fully saturated rings. The maximum absolute atomic E-state index is 11.8. The van der Waals surface area contributed by atoms with E-state index in [-0.39, 0.29) is 12.5 Å². The van der Waals surface area contributed by atoms with Gasteiger partial charge in [0.2, 0.25) is 0 Å². The lowest BCUT2D eigenvalue weighted by molar-refractivity contribution is -0.137. The Bertz CT molecular complexity index is 435. The molecule has 0 spiro atoms. The fraction of sp³-hybridized carbons (Fsp3) is 0.571. The summed E-state index contributed by atoms with van der Waals surface area (Å²) in [5.41, 5.74) is 0.366. The van der Waals surface area contributed by atoms with Gasteiger partial charge < -0.3 is 20.1 Å². The average Bonchev–Trinajstić information content (AvgIpc) is 2.75. The second-order valence-electron chi connectivity index (χ2n) is 5.68. The lowest BCUT2D eigenvalue weighted by Crippen LogP contribution is -2.40. The van der Waals surface area contributed by atoms with Gasteiger partial charge in [0.15, 0.2) is 0 Å². The van der Waals surface area contributed by atoms with Gasteiger partial charge in [0.25, 0.3) is 0 Å². The number of alkyl carbamates (subject to hydrolysis) is 1. The smallest absolute Gasteiger partial charge is 0.407 e. The van der Waals surface area contributed by atoms with Crippen molar-refractivity contribution in [2.75, 3.05) is 0 Å². The summed E-state index contributed by atoms with van der Waals surface area (Å²) in [5, 5.41) is 11.5. The number of hydrogen-bond acceptors (Lipinski definition) is 3. The molecule has 0 bridgehead atoms. The van der Waals surface area contributed by atoms with Crippen molar-refractivity contribution in [2.24, 2.45) is 0 Å². The molecule has 1 unspecified atom stereocenters. The number of amides is 1. The van der Waals surface area contributed by atoms with Crippen LogP contribution in [-0.4, -0.2) is 33.8 Å². The largest absolute Gasteiger partial charge is 0.481 e. The van der Waals surface area contributed by atoms with Crippen molar-refractivity contribution in [3.8, 4) is 0 Å². The van der Waals surface area contributed by atoms with Crippen LogP contribution in [0, 0.1) is 0 Å². The highest BCUT2D eigenvalue weighted by Crippen LogP contribution is 2.10. The topological polar surface area (TPSA) is 91.4 Å². The number of nitrogens with one attached hydrogen (secondary N) is 2. The zero-order chi connectivity index (χ0) is 15.2. The highest BCUT2D eigenvalue weighted by atomic mass is 16.6. The molecule has 0 aliphatic carbocycles. The normalized spacial score (nSPS) is 12.8. The van der Waals surface area contributed by atoms with E-state index in [0.717, 1.165) is 5.69 Å². The summed E-state index contributed by atoms with van der Waals surface area (Å²) in [4.78, 5) is 25.5. The first kappa shape index (κ1) is 16.1. The number of aliphatic carboxylic acids is 1. The van der Waals surface area contributed by atoms with Gasteiger partial charge in [0, 0.05) is 30.8 Å². The average molecular weight is 282 g/mol. The lowest BCUT2D eigenvalue weighted by Gasteiger charge is -2.23. The summed E-state index contributed by atoms with van der Waals surface area (Å²) in [7, 11) is 0. The number of aromatic nitrogens is 1. The van der Waals surface area contributed by atoms with E-state index < -0.39 is 17.7 Å². The van der Waals surface area contributed by atoms with E-state index in [4.69, 9.17) is 9.84 Å². The number of rotatable bonds is 6. The number of hydrogen-bond donors (Lipinski definition) is 3. The summed E-state index contributed by atoms with van der Waals surface area (Å²) in [6.07, 6.45) is 2.16. The van der Waals surface area contributed by atoms with Gasteiger partial charge in [-0.1, -0.05) is 0 Å². The summed E-state index contributed by atoms with van der Waals surface area (Å²) >= 11 is 0. The minimum absolute atomic E-state index is 0.00116. The molecule has 0 aromatic carbocycles. The number of ether oxygens (including phenoxy) is 1. The number of aromatic amines is 1. The van der Waals surface area contributed by atoms with Crippen LogP contribution >= 0.6 is 0 Å². The third-order valence-electron chi connectivity index (χ3n) is 2.56. The molecule has 1 rings (SSSR count). The van der Waals surface area contributed by atoms with Crippen molar-refractivity contribution in [3.05, 3.63) is 24.0 Å². The van der Waals surface area contributed by atoms with E-state index >= 15 is 0 Å². The van der Waals surface area contributed by atoms with Gasteiger partial charge in [-0.05, 0) is 39.3 Å². The van der Waals surface area contributed by atoms with E-state index in [0.29, 0.717) is 12.8 Å². The molecule has 0 aliphatic rings. The van der Waals surface area contributed by atoms with Gasteiger partial charge in [-0.2, -0.15) is 0 Å². The fourth-order valence-electron chi connectivity index (χ4n) is 1.76. The zero-order valence-electron chi connectivity index (χ0n) is 12.1. The first-order valence-corrected chi connectivity index (χ1v) is 6.60. The van der Waals surface area contributed by atoms with E-state index in [1.807, 2.05) is 12.1 Å². The van der Waals surface area contributed by atoms with Crippen molar-refractivity contribution in [2.45, 2.75) is 51.7 Å². The highest BCUT2D eigenvalue weighted by molar-refractivity contribution is 5.69. The number of carbonyl (C=O) groups excluding carboxylic acids is 1. The van der Waals surface area contributed by atoms with Gasteiger partial charge in [-0.3, -0.25) is 4.79 Å². The van der Waals surface area contributed by atoms with Crippen molar-refractivity contribution < 1.29 is 19.4 Å². The predicted octanol–water partition coefficient (Wildman–Crippen LogP) is 2.32. The third-order valence-corrected chi connectivity index (χ3v) is 2.56. The SMILES string of the molecule is CC(C)(C)OC(=O)NC(CCC(=O)O)Cc1ccc[nH]1. The van der Waals surface area contributed by atoms with Gasteiger partial charge in [0.05, 0.1) is 0 Å². The lowest BCUT2D eigenvalue weighted by atomic mass is 10.1. The first-order valence-electron chi connectivity index (χ1n) is 6.60. The van der Waals surface area contributed by atoms with E-state index in [1.165, 1.54) is 0 Å². The highest BCUT2D eigenvalue weighted by Gasteiger charge is 2.20. The molecule has 0 saturated heterocycles. The monoisotopic (exact) mass is 282 g/mol. The Morgan fingerprint density at radius 3 is 2.65 bits per heavy atom. The molecule has 0 aliphatic heterocycles. The van der Waals surface area contributed by atoms with Crippen LogP contribution in [0.3, 0.4) is 0 Å². The molecule has 1 aromatic heterocycles. The molecule has 6 heteroatoms. The Hall–Kier alpha value is -1.98. The quantitative estimate of drug-likeness (QED) is 0.746. The molecule has 3 N–H and O–H groups in total. The molecule has 1 heterocycles.